The van der Waals surface area contributed by atoms with Gasteiger partial charge in [-0.2, -0.15) is 0 Å². The van der Waals surface area contributed by atoms with Gasteiger partial charge in [0.05, 0.1) is 20.8 Å². The summed E-state index contributed by atoms with van der Waals surface area (Å²) in [5.41, 5.74) is 1.67. The summed E-state index contributed by atoms with van der Waals surface area (Å²) < 4.78 is 10.4. The molecule has 2 aromatic carbocycles. The van der Waals surface area contributed by atoms with Gasteiger partial charge >= 0.3 is 0 Å². The van der Waals surface area contributed by atoms with Gasteiger partial charge in [-0.1, -0.05) is 18.2 Å². The van der Waals surface area contributed by atoms with Crippen LogP contribution in [-0.2, 0) is 4.79 Å². The van der Waals surface area contributed by atoms with Crippen molar-refractivity contribution in [3.63, 3.8) is 0 Å². The van der Waals surface area contributed by atoms with Gasteiger partial charge in [0.25, 0.3) is 0 Å². The van der Waals surface area contributed by atoms with Gasteiger partial charge in [-0.3, -0.25) is 4.79 Å². The number of likely N-dealkylation sites (N-methyl/N-ethyl adjacent to an activating group) is 1. The number of carbonyl (C=O) groups is 1. The molecule has 0 saturated carbocycles. The SMILES string of the molecule is CCN(CC(=O)Nc1cc(OC)cc(OC)c1)c1ccccc1. The third-order valence-corrected chi connectivity index (χ3v) is 3.47. The second-order valence-corrected chi connectivity index (χ2v) is 5.00. The van der Waals surface area contributed by atoms with Crippen LogP contribution in [0.15, 0.2) is 48.5 Å². The van der Waals surface area contributed by atoms with Crippen molar-refractivity contribution in [1.29, 1.82) is 0 Å². The average Bonchev–Trinajstić information content (AvgIpc) is 2.59. The first-order valence-corrected chi connectivity index (χ1v) is 7.49. The van der Waals surface area contributed by atoms with Gasteiger partial charge in [-0.25, -0.2) is 0 Å². The first kappa shape index (κ1) is 16.7. The zero-order valence-electron chi connectivity index (χ0n) is 13.7. The number of ether oxygens (including phenoxy) is 2. The Bertz CT molecular complexity index is 622. The molecule has 5 nitrogen and oxygen atoms in total. The minimum atomic E-state index is -0.0917. The smallest absolute Gasteiger partial charge is 0.243 e. The summed E-state index contributed by atoms with van der Waals surface area (Å²) in [6, 6.07) is 15.2. The molecule has 5 heteroatoms. The number of methoxy groups -OCH3 is 2. The van der Waals surface area contributed by atoms with Crippen molar-refractivity contribution in [2.24, 2.45) is 0 Å². The monoisotopic (exact) mass is 314 g/mol. The lowest BCUT2D eigenvalue weighted by atomic mass is 10.2. The Morgan fingerprint density at radius 1 is 1.04 bits per heavy atom. The summed E-state index contributed by atoms with van der Waals surface area (Å²) >= 11 is 0. The largest absolute Gasteiger partial charge is 0.497 e. The van der Waals surface area contributed by atoms with E-state index in [2.05, 4.69) is 5.32 Å². The number of hydrogen-bond donors (Lipinski definition) is 1. The molecule has 122 valence electrons. The van der Waals surface area contributed by atoms with Gasteiger partial charge in [-0.15, -0.1) is 0 Å². The Morgan fingerprint density at radius 2 is 1.65 bits per heavy atom. The van der Waals surface area contributed by atoms with Crippen LogP contribution in [0, 0.1) is 0 Å². The van der Waals surface area contributed by atoms with Crippen LogP contribution >= 0.6 is 0 Å². The first-order valence-electron chi connectivity index (χ1n) is 7.49. The second kappa shape index (κ2) is 8.08. The van der Waals surface area contributed by atoms with Crippen molar-refractivity contribution in [2.45, 2.75) is 6.92 Å². The maximum absolute atomic E-state index is 12.3. The van der Waals surface area contributed by atoms with E-state index in [4.69, 9.17) is 9.47 Å². The van der Waals surface area contributed by atoms with E-state index in [-0.39, 0.29) is 12.5 Å². The Labute approximate surface area is 136 Å². The van der Waals surface area contributed by atoms with Crippen LogP contribution in [0.1, 0.15) is 6.92 Å². The number of para-hydroxylation sites is 1. The third kappa shape index (κ3) is 4.64. The van der Waals surface area contributed by atoms with Crippen LogP contribution in [0.4, 0.5) is 11.4 Å². The molecular formula is C18H22N2O3. The number of rotatable bonds is 7. The van der Waals surface area contributed by atoms with E-state index in [1.54, 1.807) is 32.4 Å². The molecule has 0 radical (unpaired) electrons. The Kier molecular flexibility index (Phi) is 5.86. The molecule has 1 amide bonds. The Morgan fingerprint density at radius 3 is 2.17 bits per heavy atom. The molecule has 0 atom stereocenters. The van der Waals surface area contributed by atoms with Gasteiger partial charge < -0.3 is 19.7 Å². The lowest BCUT2D eigenvalue weighted by molar-refractivity contribution is -0.115. The maximum atomic E-state index is 12.3. The molecule has 1 N–H and O–H groups in total. The van der Waals surface area contributed by atoms with Gasteiger partial charge in [0.15, 0.2) is 0 Å². The summed E-state index contributed by atoms with van der Waals surface area (Å²) in [5, 5.41) is 2.89. The van der Waals surface area contributed by atoms with Crippen molar-refractivity contribution < 1.29 is 14.3 Å². The number of hydrogen-bond acceptors (Lipinski definition) is 4. The number of carbonyl (C=O) groups excluding carboxylic acids is 1. The predicted octanol–water partition coefficient (Wildman–Crippen LogP) is 3.17. The molecule has 0 heterocycles. The molecule has 2 aromatic rings. The zero-order chi connectivity index (χ0) is 16.7. The van der Waals surface area contributed by atoms with Crippen LogP contribution in [0.3, 0.4) is 0 Å². The number of nitrogens with one attached hydrogen (secondary N) is 1. The number of nitrogens with zero attached hydrogens (tertiary/aromatic N) is 1. The van der Waals surface area contributed by atoms with Crippen LogP contribution < -0.4 is 19.7 Å². The third-order valence-electron chi connectivity index (χ3n) is 3.47. The second-order valence-electron chi connectivity index (χ2n) is 5.00. The topological polar surface area (TPSA) is 50.8 Å². The van der Waals surface area contributed by atoms with Crippen LogP contribution in [0.25, 0.3) is 0 Å². The van der Waals surface area contributed by atoms with Gasteiger partial charge in [0.1, 0.15) is 11.5 Å². The molecule has 0 spiro atoms. The normalized spacial score (nSPS) is 10.0. The number of anilines is 2. The molecule has 2 rings (SSSR count). The fourth-order valence-electron chi connectivity index (χ4n) is 2.28. The highest BCUT2D eigenvalue weighted by Gasteiger charge is 2.11. The molecule has 0 aliphatic heterocycles. The highest BCUT2D eigenvalue weighted by Crippen LogP contribution is 2.25. The van der Waals surface area contributed by atoms with Crippen LogP contribution in [0.5, 0.6) is 11.5 Å². The summed E-state index contributed by atoms with van der Waals surface area (Å²) in [6.07, 6.45) is 0. The maximum Gasteiger partial charge on any atom is 0.243 e. The number of benzene rings is 2. The van der Waals surface area contributed by atoms with Crippen molar-refractivity contribution in [3.05, 3.63) is 48.5 Å². The Hall–Kier alpha value is -2.69. The van der Waals surface area contributed by atoms with E-state index in [0.717, 1.165) is 12.2 Å². The minimum absolute atomic E-state index is 0.0917. The molecule has 0 aliphatic rings. The average molecular weight is 314 g/mol. The van der Waals surface area contributed by atoms with Crippen molar-refractivity contribution >= 4 is 17.3 Å². The summed E-state index contributed by atoms with van der Waals surface area (Å²) in [4.78, 5) is 14.3. The summed E-state index contributed by atoms with van der Waals surface area (Å²) in [5.74, 6) is 1.18. The minimum Gasteiger partial charge on any atom is -0.497 e. The number of amides is 1. The lowest BCUT2D eigenvalue weighted by Gasteiger charge is -2.22. The molecule has 0 aliphatic carbocycles. The highest BCUT2D eigenvalue weighted by molar-refractivity contribution is 5.94. The van der Waals surface area contributed by atoms with E-state index in [1.165, 1.54) is 0 Å². The van der Waals surface area contributed by atoms with E-state index >= 15 is 0 Å². The Balaban J connectivity index is 2.06. The van der Waals surface area contributed by atoms with Crippen molar-refractivity contribution in [2.75, 3.05) is 37.5 Å². The quantitative estimate of drug-likeness (QED) is 0.853. The van der Waals surface area contributed by atoms with Crippen LogP contribution in [-0.4, -0.2) is 33.2 Å². The zero-order valence-corrected chi connectivity index (χ0v) is 13.7. The van der Waals surface area contributed by atoms with E-state index in [0.29, 0.717) is 17.2 Å². The van der Waals surface area contributed by atoms with Gasteiger partial charge in [0, 0.05) is 36.1 Å². The van der Waals surface area contributed by atoms with E-state index < -0.39 is 0 Å². The fraction of sp³-hybridized carbons (Fsp3) is 0.278. The van der Waals surface area contributed by atoms with E-state index in [1.807, 2.05) is 42.2 Å². The molecule has 0 unspecified atom stereocenters. The molecule has 0 fully saturated rings. The van der Waals surface area contributed by atoms with E-state index in [9.17, 15) is 4.79 Å². The summed E-state index contributed by atoms with van der Waals surface area (Å²) in [6.45, 7) is 3.05. The molecule has 0 aromatic heterocycles. The standard InChI is InChI=1S/C18H22N2O3/c1-4-20(15-8-6-5-7-9-15)13-18(21)19-14-10-16(22-2)12-17(11-14)23-3/h5-12H,4,13H2,1-3H3,(H,19,21). The fourth-order valence-corrected chi connectivity index (χ4v) is 2.28. The van der Waals surface area contributed by atoms with Gasteiger partial charge in [0.2, 0.25) is 5.91 Å². The predicted molar refractivity (Wildman–Crippen MR) is 92.5 cm³/mol. The van der Waals surface area contributed by atoms with Gasteiger partial charge in [-0.05, 0) is 19.1 Å². The summed E-state index contributed by atoms with van der Waals surface area (Å²) in [7, 11) is 3.16. The molecule has 23 heavy (non-hydrogen) atoms. The highest BCUT2D eigenvalue weighted by atomic mass is 16.5. The lowest BCUT2D eigenvalue weighted by Crippen LogP contribution is -2.33. The molecular weight excluding hydrogens is 292 g/mol. The molecule has 0 bridgehead atoms. The van der Waals surface area contributed by atoms with Crippen LogP contribution in [0.2, 0.25) is 0 Å². The van der Waals surface area contributed by atoms with Crippen molar-refractivity contribution in [1.82, 2.24) is 0 Å². The van der Waals surface area contributed by atoms with Crippen molar-refractivity contribution in [3.8, 4) is 11.5 Å². The first-order chi connectivity index (χ1) is 11.2. The molecule has 0 saturated heterocycles.